The van der Waals surface area contributed by atoms with Crippen molar-refractivity contribution in [2.24, 2.45) is 0 Å². The Morgan fingerprint density at radius 2 is 2.10 bits per heavy atom. The molecule has 3 rings (SSSR count). The fourth-order valence-corrected chi connectivity index (χ4v) is 3.08. The summed E-state index contributed by atoms with van der Waals surface area (Å²) < 4.78 is 1.18. The van der Waals surface area contributed by atoms with E-state index in [0.717, 1.165) is 31.9 Å². The standard InChI is InChI=1S/C17H20BrN3/c1-12(2)17-19-9-14-11-21(8-7-16(14)20-17)10-13-5-3-4-6-15(13)18/h3-6,9,12H,7-8,10-11H2,1-2H3. The number of fused-ring (bicyclic) bond motifs is 1. The number of benzene rings is 1. The number of nitrogens with zero attached hydrogens (tertiary/aromatic N) is 3. The van der Waals surface area contributed by atoms with Gasteiger partial charge in [0.1, 0.15) is 5.82 Å². The number of hydrogen-bond acceptors (Lipinski definition) is 3. The molecule has 0 radical (unpaired) electrons. The Morgan fingerprint density at radius 1 is 1.29 bits per heavy atom. The molecule has 0 aliphatic carbocycles. The van der Waals surface area contributed by atoms with Crippen LogP contribution in [0.2, 0.25) is 0 Å². The molecule has 0 amide bonds. The summed E-state index contributed by atoms with van der Waals surface area (Å²) in [5, 5.41) is 0. The van der Waals surface area contributed by atoms with Gasteiger partial charge in [0.05, 0.1) is 0 Å². The van der Waals surface area contributed by atoms with Gasteiger partial charge in [-0.3, -0.25) is 4.90 Å². The number of aromatic nitrogens is 2. The van der Waals surface area contributed by atoms with Crippen LogP contribution in [-0.2, 0) is 19.5 Å². The smallest absolute Gasteiger partial charge is 0.131 e. The van der Waals surface area contributed by atoms with Gasteiger partial charge in [0, 0.05) is 53.9 Å². The van der Waals surface area contributed by atoms with Gasteiger partial charge < -0.3 is 0 Å². The van der Waals surface area contributed by atoms with E-state index in [-0.39, 0.29) is 0 Å². The van der Waals surface area contributed by atoms with Gasteiger partial charge in [-0.05, 0) is 11.6 Å². The highest BCUT2D eigenvalue weighted by Crippen LogP contribution is 2.23. The number of hydrogen-bond donors (Lipinski definition) is 0. The van der Waals surface area contributed by atoms with Gasteiger partial charge in [-0.2, -0.15) is 0 Å². The summed E-state index contributed by atoms with van der Waals surface area (Å²) in [6, 6.07) is 8.43. The van der Waals surface area contributed by atoms with Crippen LogP contribution < -0.4 is 0 Å². The van der Waals surface area contributed by atoms with Crippen LogP contribution in [0, 0.1) is 0 Å². The highest BCUT2D eigenvalue weighted by atomic mass is 79.9. The van der Waals surface area contributed by atoms with Crippen molar-refractivity contribution in [1.29, 1.82) is 0 Å². The van der Waals surface area contributed by atoms with Crippen LogP contribution >= 0.6 is 15.9 Å². The fourth-order valence-electron chi connectivity index (χ4n) is 2.67. The predicted molar refractivity (Wildman–Crippen MR) is 88.1 cm³/mol. The van der Waals surface area contributed by atoms with Crippen LogP contribution in [0.3, 0.4) is 0 Å². The lowest BCUT2D eigenvalue weighted by Gasteiger charge is -2.28. The molecule has 1 aromatic heterocycles. The molecule has 1 aliphatic rings. The topological polar surface area (TPSA) is 29.0 Å². The van der Waals surface area contributed by atoms with E-state index in [1.165, 1.54) is 21.3 Å². The Balaban J connectivity index is 1.74. The van der Waals surface area contributed by atoms with E-state index in [2.05, 4.69) is 63.9 Å². The van der Waals surface area contributed by atoms with Crippen LogP contribution in [0.5, 0.6) is 0 Å². The molecular formula is C17H20BrN3. The first-order chi connectivity index (χ1) is 10.1. The molecule has 0 saturated heterocycles. The van der Waals surface area contributed by atoms with Crippen molar-refractivity contribution in [2.45, 2.75) is 39.3 Å². The first-order valence-electron chi connectivity index (χ1n) is 7.44. The van der Waals surface area contributed by atoms with Crippen molar-refractivity contribution in [3.63, 3.8) is 0 Å². The van der Waals surface area contributed by atoms with Crippen LogP contribution in [0.4, 0.5) is 0 Å². The summed E-state index contributed by atoms with van der Waals surface area (Å²) in [7, 11) is 0. The lowest BCUT2D eigenvalue weighted by Crippen LogP contribution is -2.31. The Labute approximate surface area is 134 Å². The second kappa shape index (κ2) is 6.24. The molecule has 0 fully saturated rings. The van der Waals surface area contributed by atoms with Crippen LogP contribution in [0.15, 0.2) is 34.9 Å². The van der Waals surface area contributed by atoms with Gasteiger partial charge >= 0.3 is 0 Å². The molecule has 3 nitrogen and oxygen atoms in total. The van der Waals surface area contributed by atoms with Crippen molar-refractivity contribution in [3.05, 3.63) is 57.6 Å². The lowest BCUT2D eigenvalue weighted by molar-refractivity contribution is 0.242. The van der Waals surface area contributed by atoms with E-state index < -0.39 is 0 Å². The van der Waals surface area contributed by atoms with Gasteiger partial charge in [0.25, 0.3) is 0 Å². The zero-order chi connectivity index (χ0) is 14.8. The molecular weight excluding hydrogens is 326 g/mol. The normalized spacial score (nSPS) is 15.2. The molecule has 2 heterocycles. The maximum Gasteiger partial charge on any atom is 0.131 e. The molecule has 0 N–H and O–H groups in total. The van der Waals surface area contributed by atoms with E-state index in [9.17, 15) is 0 Å². The van der Waals surface area contributed by atoms with E-state index in [0.29, 0.717) is 5.92 Å². The maximum absolute atomic E-state index is 4.72. The summed E-state index contributed by atoms with van der Waals surface area (Å²) in [5.74, 6) is 1.36. The molecule has 2 aromatic rings. The van der Waals surface area contributed by atoms with Crippen molar-refractivity contribution in [1.82, 2.24) is 14.9 Å². The number of rotatable bonds is 3. The van der Waals surface area contributed by atoms with Gasteiger partial charge in [-0.1, -0.05) is 48.0 Å². The molecule has 1 aromatic carbocycles. The number of halogens is 1. The minimum absolute atomic E-state index is 0.397. The zero-order valence-corrected chi connectivity index (χ0v) is 14.1. The van der Waals surface area contributed by atoms with E-state index in [1.807, 2.05) is 6.20 Å². The predicted octanol–water partition coefficient (Wildman–Crippen LogP) is 3.92. The first kappa shape index (κ1) is 14.7. The second-order valence-corrected chi connectivity index (χ2v) is 6.76. The van der Waals surface area contributed by atoms with Crippen LogP contribution in [0.25, 0.3) is 0 Å². The van der Waals surface area contributed by atoms with Crippen molar-refractivity contribution >= 4 is 15.9 Å². The molecule has 21 heavy (non-hydrogen) atoms. The van der Waals surface area contributed by atoms with Gasteiger partial charge in [0.2, 0.25) is 0 Å². The minimum Gasteiger partial charge on any atom is -0.294 e. The van der Waals surface area contributed by atoms with Crippen molar-refractivity contribution < 1.29 is 0 Å². The van der Waals surface area contributed by atoms with E-state index >= 15 is 0 Å². The van der Waals surface area contributed by atoms with Gasteiger partial charge in [-0.15, -0.1) is 0 Å². The van der Waals surface area contributed by atoms with Crippen LogP contribution in [0.1, 0.15) is 42.4 Å². The fraction of sp³-hybridized carbons (Fsp3) is 0.412. The maximum atomic E-state index is 4.72. The molecule has 0 saturated carbocycles. The molecule has 0 spiro atoms. The summed E-state index contributed by atoms with van der Waals surface area (Å²) in [6.07, 6.45) is 3.03. The highest BCUT2D eigenvalue weighted by Gasteiger charge is 2.19. The quantitative estimate of drug-likeness (QED) is 0.844. The molecule has 4 heteroatoms. The molecule has 110 valence electrons. The SMILES string of the molecule is CC(C)c1ncc2c(n1)CCN(Cc1ccccc1Br)C2. The van der Waals surface area contributed by atoms with Gasteiger partial charge in [0.15, 0.2) is 0 Å². The average Bonchev–Trinajstić information content (AvgIpc) is 2.49. The molecule has 0 unspecified atom stereocenters. The van der Waals surface area contributed by atoms with Gasteiger partial charge in [-0.25, -0.2) is 9.97 Å². The zero-order valence-electron chi connectivity index (χ0n) is 12.5. The van der Waals surface area contributed by atoms with Crippen molar-refractivity contribution in [2.75, 3.05) is 6.54 Å². The lowest BCUT2D eigenvalue weighted by atomic mass is 10.1. The Morgan fingerprint density at radius 3 is 2.86 bits per heavy atom. The molecule has 0 atom stereocenters. The summed E-state index contributed by atoms with van der Waals surface area (Å²) in [4.78, 5) is 11.7. The summed E-state index contributed by atoms with van der Waals surface area (Å²) >= 11 is 3.63. The first-order valence-corrected chi connectivity index (χ1v) is 8.23. The third kappa shape index (κ3) is 3.33. The third-order valence-corrected chi connectivity index (χ3v) is 4.67. The molecule has 1 aliphatic heterocycles. The summed E-state index contributed by atoms with van der Waals surface area (Å²) in [6.45, 7) is 7.25. The Hall–Kier alpha value is -1.26. The van der Waals surface area contributed by atoms with E-state index in [4.69, 9.17) is 4.98 Å². The summed E-state index contributed by atoms with van der Waals surface area (Å²) in [5.41, 5.74) is 3.84. The molecule has 0 bridgehead atoms. The third-order valence-electron chi connectivity index (χ3n) is 3.90. The Bertz CT molecular complexity index is 640. The largest absolute Gasteiger partial charge is 0.294 e. The highest BCUT2D eigenvalue weighted by molar-refractivity contribution is 9.10. The minimum atomic E-state index is 0.397. The van der Waals surface area contributed by atoms with E-state index in [1.54, 1.807) is 0 Å². The monoisotopic (exact) mass is 345 g/mol. The van der Waals surface area contributed by atoms with Crippen LogP contribution in [-0.4, -0.2) is 21.4 Å². The van der Waals surface area contributed by atoms with Crippen molar-refractivity contribution in [3.8, 4) is 0 Å². The average molecular weight is 346 g/mol. The second-order valence-electron chi connectivity index (χ2n) is 5.91. The Kier molecular flexibility index (Phi) is 4.36.